The van der Waals surface area contributed by atoms with Gasteiger partial charge in [-0.15, -0.1) is 11.6 Å². The van der Waals surface area contributed by atoms with Gasteiger partial charge in [-0.05, 0) is 38.5 Å². The Balaban J connectivity index is 2.19. The maximum atomic E-state index is 12.3. The van der Waals surface area contributed by atoms with E-state index in [1.54, 1.807) is 11.2 Å². The molecule has 0 amide bonds. The number of rotatable bonds is 3. The molecule has 0 radical (unpaired) electrons. The Morgan fingerprint density at radius 2 is 2.00 bits per heavy atom. The average Bonchev–Trinajstić information content (AvgIpc) is 2.75. The molecule has 0 spiro atoms. The van der Waals surface area contributed by atoms with Crippen molar-refractivity contribution < 1.29 is 8.42 Å². The Kier molecular flexibility index (Phi) is 3.82. The molecule has 16 heavy (non-hydrogen) atoms. The number of fused-ring (bicyclic) bond motifs is 1. The van der Waals surface area contributed by atoms with Crippen LogP contribution in [0.1, 0.15) is 39.0 Å². The molecule has 1 aliphatic heterocycles. The summed E-state index contributed by atoms with van der Waals surface area (Å²) < 4.78 is 26.4. The number of hydrogen-bond donors (Lipinski definition) is 0. The van der Waals surface area contributed by atoms with Gasteiger partial charge in [0.1, 0.15) is 0 Å². The minimum Gasteiger partial charge on any atom is -0.212 e. The Morgan fingerprint density at radius 1 is 1.31 bits per heavy atom. The van der Waals surface area contributed by atoms with Crippen LogP contribution in [0.2, 0.25) is 0 Å². The van der Waals surface area contributed by atoms with E-state index in [0.717, 1.165) is 12.8 Å². The zero-order valence-electron chi connectivity index (χ0n) is 9.73. The van der Waals surface area contributed by atoms with Gasteiger partial charge >= 0.3 is 0 Å². The van der Waals surface area contributed by atoms with Crippen LogP contribution in [0, 0.1) is 5.92 Å². The number of nitrogens with zero attached hydrogens (tertiary/aromatic N) is 1. The average molecular weight is 266 g/mol. The molecule has 94 valence electrons. The van der Waals surface area contributed by atoms with Crippen molar-refractivity contribution in [1.82, 2.24) is 4.31 Å². The molecule has 0 aromatic heterocycles. The Bertz CT molecular complexity index is 344. The van der Waals surface area contributed by atoms with Gasteiger partial charge in [-0.3, -0.25) is 0 Å². The molecule has 2 rings (SSSR count). The number of piperidine rings is 1. The molecule has 2 fully saturated rings. The van der Waals surface area contributed by atoms with Crippen molar-refractivity contribution in [3.05, 3.63) is 0 Å². The predicted molar refractivity (Wildman–Crippen MR) is 66.2 cm³/mol. The molecule has 3 atom stereocenters. The smallest absolute Gasteiger partial charge is 0.212 e. The van der Waals surface area contributed by atoms with Crippen LogP contribution < -0.4 is 0 Å². The third-order valence-corrected chi connectivity index (χ3v) is 6.93. The first-order valence-electron chi connectivity index (χ1n) is 6.14. The van der Waals surface area contributed by atoms with E-state index in [1.807, 2.05) is 0 Å². The lowest BCUT2D eigenvalue weighted by Crippen LogP contribution is -2.49. The maximum Gasteiger partial charge on any atom is 0.218 e. The summed E-state index contributed by atoms with van der Waals surface area (Å²) in [7, 11) is -3.16. The molecule has 5 heteroatoms. The fraction of sp³-hybridized carbons (Fsp3) is 1.00. The van der Waals surface area contributed by atoms with E-state index in [1.165, 1.54) is 19.3 Å². The van der Waals surface area contributed by atoms with Crippen LogP contribution in [0.25, 0.3) is 0 Å². The van der Waals surface area contributed by atoms with Gasteiger partial charge in [0.05, 0.1) is 5.25 Å². The van der Waals surface area contributed by atoms with Crippen molar-refractivity contribution in [3.63, 3.8) is 0 Å². The summed E-state index contributed by atoms with van der Waals surface area (Å²) in [6.07, 6.45) is 5.63. The highest BCUT2D eigenvalue weighted by molar-refractivity contribution is 7.89. The third-order valence-electron chi connectivity index (χ3n) is 3.99. The van der Waals surface area contributed by atoms with Gasteiger partial charge in [-0.1, -0.05) is 6.42 Å². The molecular weight excluding hydrogens is 246 g/mol. The second-order valence-corrected chi connectivity index (χ2v) is 7.63. The van der Waals surface area contributed by atoms with Crippen LogP contribution in [-0.4, -0.2) is 36.4 Å². The molecule has 0 aromatic carbocycles. The summed E-state index contributed by atoms with van der Waals surface area (Å²) in [5.74, 6) is 0.794. The highest BCUT2D eigenvalue weighted by atomic mass is 35.5. The van der Waals surface area contributed by atoms with E-state index in [2.05, 4.69) is 0 Å². The number of hydrogen-bond acceptors (Lipinski definition) is 2. The van der Waals surface area contributed by atoms with Gasteiger partial charge in [0.25, 0.3) is 0 Å². The summed E-state index contributed by atoms with van der Waals surface area (Å²) in [6.45, 7) is 2.41. The van der Waals surface area contributed by atoms with Gasteiger partial charge in [0.15, 0.2) is 0 Å². The van der Waals surface area contributed by atoms with Crippen LogP contribution in [0.5, 0.6) is 0 Å². The minimum absolute atomic E-state index is 0.191. The molecule has 1 saturated heterocycles. The largest absolute Gasteiger partial charge is 0.218 e. The maximum absolute atomic E-state index is 12.3. The molecule has 1 saturated carbocycles. The zero-order valence-corrected chi connectivity index (χ0v) is 11.3. The fourth-order valence-electron chi connectivity index (χ4n) is 3.03. The quantitative estimate of drug-likeness (QED) is 0.734. The monoisotopic (exact) mass is 265 g/mol. The van der Waals surface area contributed by atoms with Crippen molar-refractivity contribution in [2.75, 3.05) is 12.4 Å². The van der Waals surface area contributed by atoms with Crippen molar-refractivity contribution in [3.8, 4) is 0 Å². The molecule has 1 heterocycles. The molecule has 3 unspecified atom stereocenters. The van der Waals surface area contributed by atoms with Crippen molar-refractivity contribution >= 4 is 21.6 Å². The van der Waals surface area contributed by atoms with Crippen LogP contribution in [-0.2, 0) is 10.0 Å². The number of alkyl halides is 1. The first-order valence-corrected chi connectivity index (χ1v) is 8.17. The molecular formula is C11H20ClNO2S. The van der Waals surface area contributed by atoms with Crippen molar-refractivity contribution in [2.24, 2.45) is 5.92 Å². The zero-order chi connectivity index (χ0) is 11.8. The summed E-state index contributed by atoms with van der Waals surface area (Å²) in [4.78, 5) is 0. The lowest BCUT2D eigenvalue weighted by Gasteiger charge is -2.37. The van der Waals surface area contributed by atoms with Crippen molar-refractivity contribution in [1.29, 1.82) is 0 Å². The fourth-order valence-corrected chi connectivity index (χ4v) is 5.17. The minimum atomic E-state index is -3.16. The van der Waals surface area contributed by atoms with Gasteiger partial charge in [-0.25, -0.2) is 8.42 Å². The second kappa shape index (κ2) is 4.83. The summed E-state index contributed by atoms with van der Waals surface area (Å²) in [5.41, 5.74) is 0. The van der Waals surface area contributed by atoms with Gasteiger partial charge in [0, 0.05) is 18.5 Å². The molecule has 0 aromatic rings. The molecule has 2 aliphatic rings. The standard InChI is InChI=1S/C11H20ClNO2S/c1-9(8-12)16(14,15)13-7-3-5-10-4-2-6-11(10)13/h9-11H,2-8H2,1H3. The normalized spacial score (nSPS) is 33.6. The summed E-state index contributed by atoms with van der Waals surface area (Å²) >= 11 is 5.69. The predicted octanol–water partition coefficient (Wildman–Crippen LogP) is 2.21. The Morgan fingerprint density at radius 3 is 2.69 bits per heavy atom. The summed E-state index contributed by atoms with van der Waals surface area (Å²) in [6, 6.07) is 0.268. The van der Waals surface area contributed by atoms with Crippen molar-refractivity contribution in [2.45, 2.75) is 50.3 Å². The van der Waals surface area contributed by atoms with Crippen LogP contribution >= 0.6 is 11.6 Å². The third kappa shape index (κ3) is 2.12. The molecule has 3 nitrogen and oxygen atoms in total. The summed E-state index contributed by atoms with van der Waals surface area (Å²) in [5, 5.41) is -0.450. The highest BCUT2D eigenvalue weighted by Crippen LogP contribution is 2.38. The Hall–Kier alpha value is 0.200. The molecule has 1 aliphatic carbocycles. The van der Waals surface area contributed by atoms with E-state index in [4.69, 9.17) is 11.6 Å². The lowest BCUT2D eigenvalue weighted by molar-refractivity contribution is 0.201. The van der Waals surface area contributed by atoms with E-state index < -0.39 is 15.3 Å². The lowest BCUT2D eigenvalue weighted by atomic mass is 9.94. The van der Waals surface area contributed by atoms with Crippen LogP contribution in [0.4, 0.5) is 0 Å². The van der Waals surface area contributed by atoms with E-state index in [9.17, 15) is 8.42 Å². The second-order valence-electron chi connectivity index (χ2n) is 5.02. The van der Waals surface area contributed by atoms with Crippen LogP contribution in [0.3, 0.4) is 0 Å². The molecule has 0 N–H and O–H groups in total. The highest BCUT2D eigenvalue weighted by Gasteiger charge is 2.42. The van der Waals surface area contributed by atoms with Gasteiger partial charge in [0.2, 0.25) is 10.0 Å². The SMILES string of the molecule is CC(CCl)S(=O)(=O)N1CCCC2CCCC21. The first-order chi connectivity index (χ1) is 7.57. The van der Waals surface area contributed by atoms with Gasteiger partial charge < -0.3 is 0 Å². The van der Waals surface area contributed by atoms with E-state index in [0.29, 0.717) is 12.5 Å². The van der Waals surface area contributed by atoms with E-state index in [-0.39, 0.29) is 11.9 Å². The van der Waals surface area contributed by atoms with E-state index >= 15 is 0 Å². The Labute approximate surface area is 103 Å². The topological polar surface area (TPSA) is 37.4 Å². The molecule has 0 bridgehead atoms. The van der Waals surface area contributed by atoms with Gasteiger partial charge in [-0.2, -0.15) is 4.31 Å². The number of sulfonamides is 1. The van der Waals surface area contributed by atoms with Crippen LogP contribution in [0.15, 0.2) is 0 Å². The first kappa shape index (κ1) is 12.7. The number of halogens is 1.